The molecule has 1 N–H and O–H groups in total. The third-order valence-corrected chi connectivity index (χ3v) is 1.73. The van der Waals surface area contributed by atoms with Gasteiger partial charge in [0.25, 0.3) is 0 Å². The van der Waals surface area contributed by atoms with Crippen LogP contribution in [-0.4, -0.2) is 50.6 Å². The molecule has 0 aliphatic carbocycles. The van der Waals surface area contributed by atoms with Crippen molar-refractivity contribution in [3.63, 3.8) is 0 Å². The lowest BCUT2D eigenvalue weighted by molar-refractivity contribution is -0.139. The maximum absolute atomic E-state index is 11.4. The van der Waals surface area contributed by atoms with Gasteiger partial charge in [-0.3, -0.25) is 9.59 Å². The Bertz CT molecular complexity index is 194. The molecule has 2 amide bonds. The number of ether oxygens (including phenoxy) is 1. The van der Waals surface area contributed by atoms with Crippen LogP contribution in [0.3, 0.4) is 0 Å². The monoisotopic (exact) mass is 202 g/mol. The lowest BCUT2D eigenvalue weighted by atomic mass is 10.3. The maximum Gasteiger partial charge on any atom is 0.249 e. The van der Waals surface area contributed by atoms with E-state index in [4.69, 9.17) is 4.74 Å². The third-order valence-electron chi connectivity index (χ3n) is 1.73. The molecule has 82 valence electrons. The van der Waals surface area contributed by atoms with Crippen molar-refractivity contribution in [3.05, 3.63) is 0 Å². The SMILES string of the molecule is CCCN(CC(=O)NC)C(=O)COC. The van der Waals surface area contributed by atoms with Crippen LogP contribution in [0, 0.1) is 0 Å². The maximum atomic E-state index is 11.4. The van der Waals surface area contributed by atoms with E-state index in [1.54, 1.807) is 7.05 Å². The molecule has 14 heavy (non-hydrogen) atoms. The normalized spacial score (nSPS) is 9.64. The first-order chi connectivity index (χ1) is 6.65. The fourth-order valence-electron chi connectivity index (χ4n) is 1.03. The molecule has 0 bridgehead atoms. The molecule has 0 rings (SSSR count). The summed E-state index contributed by atoms with van der Waals surface area (Å²) >= 11 is 0. The largest absolute Gasteiger partial charge is 0.375 e. The second-order valence-electron chi connectivity index (χ2n) is 2.92. The van der Waals surface area contributed by atoms with E-state index < -0.39 is 0 Å². The number of nitrogens with zero attached hydrogens (tertiary/aromatic N) is 1. The van der Waals surface area contributed by atoms with Gasteiger partial charge in [-0.15, -0.1) is 0 Å². The van der Waals surface area contributed by atoms with Gasteiger partial charge in [0, 0.05) is 20.7 Å². The molecule has 0 aromatic heterocycles. The second-order valence-corrected chi connectivity index (χ2v) is 2.92. The van der Waals surface area contributed by atoms with Gasteiger partial charge in [0.05, 0.1) is 6.54 Å². The zero-order valence-electron chi connectivity index (χ0n) is 9.00. The minimum absolute atomic E-state index is 0.0248. The van der Waals surface area contributed by atoms with Crippen molar-refractivity contribution in [1.82, 2.24) is 10.2 Å². The van der Waals surface area contributed by atoms with E-state index in [1.807, 2.05) is 6.92 Å². The van der Waals surface area contributed by atoms with Crippen molar-refractivity contribution in [2.75, 3.05) is 33.9 Å². The lowest BCUT2D eigenvalue weighted by Gasteiger charge is -2.20. The molecule has 0 atom stereocenters. The first-order valence-corrected chi connectivity index (χ1v) is 4.63. The highest BCUT2D eigenvalue weighted by molar-refractivity contribution is 5.85. The Morgan fingerprint density at radius 3 is 2.50 bits per heavy atom. The van der Waals surface area contributed by atoms with Gasteiger partial charge in [0.2, 0.25) is 11.8 Å². The van der Waals surface area contributed by atoms with Crippen LogP contribution < -0.4 is 5.32 Å². The number of hydrogen-bond donors (Lipinski definition) is 1. The molecule has 0 aliphatic heterocycles. The first kappa shape index (κ1) is 12.9. The summed E-state index contributed by atoms with van der Waals surface area (Å²) in [6, 6.07) is 0. The molecule has 0 radical (unpaired) electrons. The molecule has 0 spiro atoms. The lowest BCUT2D eigenvalue weighted by Crippen LogP contribution is -2.41. The topological polar surface area (TPSA) is 58.6 Å². The van der Waals surface area contributed by atoms with Gasteiger partial charge in [0.15, 0.2) is 0 Å². The van der Waals surface area contributed by atoms with Crippen LogP contribution >= 0.6 is 0 Å². The van der Waals surface area contributed by atoms with E-state index in [-0.39, 0.29) is 25.0 Å². The van der Waals surface area contributed by atoms with Crippen molar-refractivity contribution in [1.29, 1.82) is 0 Å². The summed E-state index contributed by atoms with van der Waals surface area (Å²) in [5.41, 5.74) is 0. The van der Waals surface area contributed by atoms with Crippen LogP contribution in [0.5, 0.6) is 0 Å². The third kappa shape index (κ3) is 4.81. The molecule has 5 nitrogen and oxygen atoms in total. The fraction of sp³-hybridized carbons (Fsp3) is 0.778. The molecule has 0 saturated heterocycles. The number of carbonyl (C=O) groups is 2. The van der Waals surface area contributed by atoms with Crippen LogP contribution in [-0.2, 0) is 14.3 Å². The zero-order valence-corrected chi connectivity index (χ0v) is 9.00. The van der Waals surface area contributed by atoms with Crippen molar-refractivity contribution in [2.45, 2.75) is 13.3 Å². The predicted molar refractivity (Wildman–Crippen MR) is 52.8 cm³/mol. The summed E-state index contributed by atoms with van der Waals surface area (Å²) in [5, 5.41) is 2.48. The molecule has 0 aromatic rings. The smallest absolute Gasteiger partial charge is 0.249 e. The summed E-state index contributed by atoms with van der Waals surface area (Å²) in [6.45, 7) is 2.66. The van der Waals surface area contributed by atoms with Crippen molar-refractivity contribution in [3.8, 4) is 0 Å². The number of rotatable bonds is 6. The minimum atomic E-state index is -0.164. The molecule has 0 fully saturated rings. The standard InChI is InChI=1S/C9H18N2O3/c1-4-5-11(6-8(12)10-2)9(13)7-14-3/h4-7H2,1-3H3,(H,10,12). The van der Waals surface area contributed by atoms with Crippen molar-refractivity contribution in [2.24, 2.45) is 0 Å². The number of amides is 2. The first-order valence-electron chi connectivity index (χ1n) is 4.63. The van der Waals surface area contributed by atoms with Crippen LogP contribution in [0.1, 0.15) is 13.3 Å². The average Bonchev–Trinajstić information content (AvgIpc) is 2.17. The Hall–Kier alpha value is -1.10. The summed E-state index contributed by atoms with van der Waals surface area (Å²) in [7, 11) is 3.01. The summed E-state index contributed by atoms with van der Waals surface area (Å²) in [5.74, 6) is -0.319. The molecular formula is C9H18N2O3. The summed E-state index contributed by atoms with van der Waals surface area (Å²) in [6.07, 6.45) is 0.826. The molecule has 0 unspecified atom stereocenters. The molecule has 5 heteroatoms. The number of carbonyl (C=O) groups excluding carboxylic acids is 2. The van der Waals surface area contributed by atoms with E-state index in [2.05, 4.69) is 5.32 Å². The van der Waals surface area contributed by atoms with Crippen LogP contribution in [0.4, 0.5) is 0 Å². The molecule has 0 aliphatic rings. The number of hydrogen-bond acceptors (Lipinski definition) is 3. The Morgan fingerprint density at radius 2 is 2.07 bits per heavy atom. The van der Waals surface area contributed by atoms with Gasteiger partial charge in [-0.25, -0.2) is 0 Å². The predicted octanol–water partition coefficient (Wildman–Crippen LogP) is -0.383. The molecule has 0 aromatic carbocycles. The van der Waals surface area contributed by atoms with Crippen molar-refractivity contribution < 1.29 is 14.3 Å². The van der Waals surface area contributed by atoms with E-state index in [0.29, 0.717) is 6.54 Å². The van der Waals surface area contributed by atoms with Crippen LogP contribution in [0.2, 0.25) is 0 Å². The Labute approximate surface area is 84.4 Å². The quantitative estimate of drug-likeness (QED) is 0.638. The highest BCUT2D eigenvalue weighted by Crippen LogP contribution is 1.93. The van der Waals surface area contributed by atoms with Gasteiger partial charge in [0.1, 0.15) is 6.61 Å². The molecule has 0 saturated carbocycles. The summed E-state index contributed by atoms with van der Waals surface area (Å²) in [4.78, 5) is 24.0. The van der Waals surface area contributed by atoms with E-state index in [9.17, 15) is 9.59 Å². The second kappa shape index (κ2) is 7.32. The van der Waals surface area contributed by atoms with Gasteiger partial charge in [-0.2, -0.15) is 0 Å². The van der Waals surface area contributed by atoms with Gasteiger partial charge >= 0.3 is 0 Å². The van der Waals surface area contributed by atoms with Gasteiger partial charge in [-0.1, -0.05) is 6.92 Å². The van der Waals surface area contributed by atoms with Gasteiger partial charge < -0.3 is 15.0 Å². The highest BCUT2D eigenvalue weighted by atomic mass is 16.5. The van der Waals surface area contributed by atoms with Crippen LogP contribution in [0.15, 0.2) is 0 Å². The number of methoxy groups -OCH3 is 1. The average molecular weight is 202 g/mol. The molecule has 0 heterocycles. The van der Waals surface area contributed by atoms with E-state index in [1.165, 1.54) is 12.0 Å². The van der Waals surface area contributed by atoms with Gasteiger partial charge in [-0.05, 0) is 6.42 Å². The minimum Gasteiger partial charge on any atom is -0.375 e. The van der Waals surface area contributed by atoms with E-state index in [0.717, 1.165) is 6.42 Å². The summed E-state index contributed by atoms with van der Waals surface area (Å²) < 4.78 is 4.72. The Balaban J connectivity index is 4.13. The van der Waals surface area contributed by atoms with E-state index >= 15 is 0 Å². The number of nitrogens with one attached hydrogen (secondary N) is 1. The van der Waals surface area contributed by atoms with Crippen molar-refractivity contribution >= 4 is 11.8 Å². The van der Waals surface area contributed by atoms with Crippen LogP contribution in [0.25, 0.3) is 0 Å². The zero-order chi connectivity index (χ0) is 11.0. The number of likely N-dealkylation sites (N-methyl/N-ethyl adjacent to an activating group) is 1. The Kier molecular flexibility index (Phi) is 6.74. The highest BCUT2D eigenvalue weighted by Gasteiger charge is 2.14. The Morgan fingerprint density at radius 1 is 1.43 bits per heavy atom. The fourth-order valence-corrected chi connectivity index (χ4v) is 1.03. The molecular weight excluding hydrogens is 184 g/mol.